The van der Waals surface area contributed by atoms with E-state index in [1.807, 2.05) is 6.07 Å². The molecule has 1 fully saturated rings. The molecule has 1 aromatic heterocycles. The highest BCUT2D eigenvalue weighted by atomic mass is 16.5. The molecule has 1 aromatic rings. The Morgan fingerprint density at radius 2 is 1.95 bits per heavy atom. The van der Waals surface area contributed by atoms with Crippen molar-refractivity contribution in [3.8, 4) is 0 Å². The SMILES string of the molecule is CCCCC(C(=O)OC)N1CCN(c2ncccn2)CC1. The Labute approximate surface area is 126 Å². The Morgan fingerprint density at radius 1 is 1.29 bits per heavy atom. The lowest BCUT2D eigenvalue weighted by Crippen LogP contribution is -2.53. The first-order valence-electron chi connectivity index (χ1n) is 7.60. The molecule has 1 unspecified atom stereocenters. The largest absolute Gasteiger partial charge is 0.468 e. The Bertz CT molecular complexity index is 433. The first kappa shape index (κ1) is 15.7. The van der Waals surface area contributed by atoms with Crippen molar-refractivity contribution in [1.82, 2.24) is 14.9 Å². The van der Waals surface area contributed by atoms with Gasteiger partial charge < -0.3 is 9.64 Å². The molecule has 0 bridgehead atoms. The van der Waals surface area contributed by atoms with Crippen molar-refractivity contribution < 1.29 is 9.53 Å². The van der Waals surface area contributed by atoms with Crippen molar-refractivity contribution in [3.05, 3.63) is 18.5 Å². The van der Waals surface area contributed by atoms with Crippen LogP contribution in [0.3, 0.4) is 0 Å². The van der Waals surface area contributed by atoms with Gasteiger partial charge in [0, 0.05) is 38.6 Å². The summed E-state index contributed by atoms with van der Waals surface area (Å²) < 4.78 is 4.96. The zero-order valence-corrected chi connectivity index (χ0v) is 12.9. The highest BCUT2D eigenvalue weighted by Gasteiger charge is 2.29. The number of rotatable bonds is 6. The topological polar surface area (TPSA) is 58.6 Å². The molecule has 116 valence electrons. The molecule has 1 saturated heterocycles. The molecule has 0 aliphatic carbocycles. The molecule has 2 heterocycles. The average molecular weight is 292 g/mol. The molecule has 1 atom stereocenters. The summed E-state index contributed by atoms with van der Waals surface area (Å²) in [5, 5.41) is 0. The number of carbonyl (C=O) groups excluding carboxylic acids is 1. The van der Waals surface area contributed by atoms with Crippen LogP contribution in [0.4, 0.5) is 5.95 Å². The summed E-state index contributed by atoms with van der Waals surface area (Å²) in [7, 11) is 1.47. The molecule has 6 nitrogen and oxygen atoms in total. The van der Waals surface area contributed by atoms with Gasteiger partial charge >= 0.3 is 5.97 Å². The minimum Gasteiger partial charge on any atom is -0.468 e. The van der Waals surface area contributed by atoms with Gasteiger partial charge in [-0.25, -0.2) is 9.97 Å². The standard InChI is InChI=1S/C15H24N4O2/c1-3-4-6-13(14(20)21-2)18-9-11-19(12-10-18)15-16-7-5-8-17-15/h5,7-8,13H,3-4,6,9-12H2,1-2H3. The van der Waals surface area contributed by atoms with Gasteiger partial charge in [-0.1, -0.05) is 19.8 Å². The summed E-state index contributed by atoms with van der Waals surface area (Å²) in [6.07, 6.45) is 6.51. The van der Waals surface area contributed by atoms with Gasteiger partial charge in [0.2, 0.25) is 5.95 Å². The number of esters is 1. The molecule has 0 amide bonds. The first-order valence-corrected chi connectivity index (χ1v) is 7.60. The monoisotopic (exact) mass is 292 g/mol. The zero-order valence-electron chi connectivity index (χ0n) is 12.9. The Balaban J connectivity index is 1.93. The number of aromatic nitrogens is 2. The lowest BCUT2D eigenvalue weighted by atomic mass is 10.1. The highest BCUT2D eigenvalue weighted by molar-refractivity contribution is 5.75. The summed E-state index contributed by atoms with van der Waals surface area (Å²) in [5.74, 6) is 0.646. The molecular weight excluding hydrogens is 268 g/mol. The molecule has 1 aliphatic heterocycles. The van der Waals surface area contributed by atoms with Crippen LogP contribution in [0.25, 0.3) is 0 Å². The van der Waals surface area contributed by atoms with E-state index in [9.17, 15) is 4.79 Å². The van der Waals surface area contributed by atoms with Crippen LogP contribution in [0.5, 0.6) is 0 Å². The van der Waals surface area contributed by atoms with Gasteiger partial charge in [0.25, 0.3) is 0 Å². The lowest BCUT2D eigenvalue weighted by Gasteiger charge is -2.38. The molecule has 0 radical (unpaired) electrons. The predicted octanol–water partition coefficient (Wildman–Crippen LogP) is 1.33. The van der Waals surface area contributed by atoms with Crippen LogP contribution < -0.4 is 4.90 Å². The molecular formula is C15H24N4O2. The summed E-state index contributed by atoms with van der Waals surface area (Å²) in [5.41, 5.74) is 0. The van der Waals surface area contributed by atoms with E-state index in [-0.39, 0.29) is 12.0 Å². The van der Waals surface area contributed by atoms with Crippen molar-refractivity contribution in [1.29, 1.82) is 0 Å². The molecule has 0 N–H and O–H groups in total. The van der Waals surface area contributed by atoms with Gasteiger partial charge in [0.05, 0.1) is 7.11 Å². The quantitative estimate of drug-likeness (QED) is 0.737. The fraction of sp³-hybridized carbons (Fsp3) is 0.667. The number of hydrogen-bond donors (Lipinski definition) is 0. The number of anilines is 1. The van der Waals surface area contributed by atoms with E-state index in [0.29, 0.717) is 0 Å². The van der Waals surface area contributed by atoms with Crippen LogP contribution in [-0.4, -0.2) is 60.2 Å². The molecule has 0 saturated carbocycles. The lowest BCUT2D eigenvalue weighted by molar-refractivity contribution is -0.147. The second-order valence-corrected chi connectivity index (χ2v) is 5.25. The number of nitrogens with zero attached hydrogens (tertiary/aromatic N) is 4. The smallest absolute Gasteiger partial charge is 0.323 e. The third-order valence-corrected chi connectivity index (χ3v) is 3.89. The zero-order chi connectivity index (χ0) is 15.1. The summed E-state index contributed by atoms with van der Waals surface area (Å²) in [6.45, 7) is 5.48. The van der Waals surface area contributed by atoms with Crippen LogP contribution in [0.15, 0.2) is 18.5 Å². The van der Waals surface area contributed by atoms with E-state index in [1.165, 1.54) is 7.11 Å². The van der Waals surface area contributed by atoms with Crippen molar-refractivity contribution >= 4 is 11.9 Å². The fourth-order valence-electron chi connectivity index (χ4n) is 2.67. The minimum absolute atomic E-state index is 0.117. The van der Waals surface area contributed by atoms with Gasteiger partial charge in [0.15, 0.2) is 0 Å². The van der Waals surface area contributed by atoms with Crippen LogP contribution in [0, 0.1) is 0 Å². The molecule has 21 heavy (non-hydrogen) atoms. The minimum atomic E-state index is -0.118. The maximum absolute atomic E-state index is 12.0. The summed E-state index contributed by atoms with van der Waals surface area (Å²) >= 11 is 0. The number of hydrogen-bond acceptors (Lipinski definition) is 6. The van der Waals surface area contributed by atoms with E-state index in [1.54, 1.807) is 12.4 Å². The molecule has 0 aromatic carbocycles. The maximum atomic E-state index is 12.0. The number of ether oxygens (including phenoxy) is 1. The average Bonchev–Trinajstić information content (AvgIpc) is 2.56. The van der Waals surface area contributed by atoms with E-state index in [4.69, 9.17) is 4.74 Å². The number of piperazine rings is 1. The van der Waals surface area contributed by atoms with Gasteiger partial charge in [-0.15, -0.1) is 0 Å². The van der Waals surface area contributed by atoms with Crippen molar-refractivity contribution in [2.75, 3.05) is 38.2 Å². The number of methoxy groups -OCH3 is 1. The molecule has 0 spiro atoms. The second kappa shape index (κ2) is 7.93. The number of carbonyl (C=O) groups is 1. The second-order valence-electron chi connectivity index (χ2n) is 5.25. The van der Waals surface area contributed by atoms with Crippen LogP contribution in [0.1, 0.15) is 26.2 Å². The predicted molar refractivity (Wildman–Crippen MR) is 81.1 cm³/mol. The van der Waals surface area contributed by atoms with Gasteiger partial charge in [-0.2, -0.15) is 0 Å². The Morgan fingerprint density at radius 3 is 2.52 bits per heavy atom. The normalized spacial score (nSPS) is 17.5. The van der Waals surface area contributed by atoms with E-state index in [0.717, 1.165) is 51.4 Å². The first-order chi connectivity index (χ1) is 10.3. The van der Waals surface area contributed by atoms with Gasteiger partial charge in [-0.05, 0) is 12.5 Å². The van der Waals surface area contributed by atoms with Crippen LogP contribution in [0.2, 0.25) is 0 Å². The third-order valence-electron chi connectivity index (χ3n) is 3.89. The fourth-order valence-corrected chi connectivity index (χ4v) is 2.67. The number of unbranched alkanes of at least 4 members (excludes halogenated alkanes) is 1. The van der Waals surface area contributed by atoms with Gasteiger partial charge in [0.1, 0.15) is 6.04 Å². The van der Waals surface area contributed by atoms with Crippen molar-refractivity contribution in [2.24, 2.45) is 0 Å². The van der Waals surface area contributed by atoms with Crippen LogP contribution >= 0.6 is 0 Å². The summed E-state index contributed by atoms with van der Waals surface area (Å²) in [4.78, 5) is 24.9. The summed E-state index contributed by atoms with van der Waals surface area (Å²) in [6, 6.07) is 1.70. The third kappa shape index (κ3) is 4.14. The van der Waals surface area contributed by atoms with E-state index in [2.05, 4.69) is 26.7 Å². The highest BCUT2D eigenvalue weighted by Crippen LogP contribution is 2.16. The van der Waals surface area contributed by atoms with Gasteiger partial charge in [-0.3, -0.25) is 9.69 Å². The van der Waals surface area contributed by atoms with E-state index < -0.39 is 0 Å². The van der Waals surface area contributed by atoms with Crippen molar-refractivity contribution in [2.45, 2.75) is 32.2 Å². The van der Waals surface area contributed by atoms with Crippen LogP contribution in [-0.2, 0) is 9.53 Å². The molecule has 6 heteroatoms. The molecule has 1 aliphatic rings. The Kier molecular flexibility index (Phi) is 5.92. The molecule has 2 rings (SSSR count). The van der Waals surface area contributed by atoms with E-state index >= 15 is 0 Å². The van der Waals surface area contributed by atoms with Crippen molar-refractivity contribution in [3.63, 3.8) is 0 Å². The Hall–Kier alpha value is -1.69. The maximum Gasteiger partial charge on any atom is 0.323 e.